The summed E-state index contributed by atoms with van der Waals surface area (Å²) in [6, 6.07) is 7.28. The molecule has 1 aromatic carbocycles. The molecule has 1 aromatic rings. The summed E-state index contributed by atoms with van der Waals surface area (Å²) in [6.45, 7) is 4.27. The third-order valence-corrected chi connectivity index (χ3v) is 3.66. The number of amides is 1. The van der Waals surface area contributed by atoms with Crippen molar-refractivity contribution in [2.45, 2.75) is 18.9 Å². The summed E-state index contributed by atoms with van der Waals surface area (Å²) in [4.78, 5) is 12.0. The summed E-state index contributed by atoms with van der Waals surface area (Å²) in [6.07, 6.45) is 2.04. The highest BCUT2D eigenvalue weighted by atomic mass is 16.5. The van der Waals surface area contributed by atoms with Gasteiger partial charge in [-0.15, -0.1) is 0 Å². The molecule has 0 aliphatic carbocycles. The van der Waals surface area contributed by atoms with Crippen molar-refractivity contribution in [1.82, 2.24) is 10.6 Å². The largest absolute Gasteiger partial charge is 0.490 e. The number of ether oxygens (including phenoxy) is 3. The Morgan fingerprint density at radius 1 is 1.17 bits per heavy atom. The van der Waals surface area contributed by atoms with Crippen molar-refractivity contribution in [1.29, 1.82) is 0 Å². The van der Waals surface area contributed by atoms with Gasteiger partial charge in [0.1, 0.15) is 11.9 Å². The first-order valence-corrected chi connectivity index (χ1v) is 8.12. The number of nitrogens with one attached hydrogen (secondary N) is 2. The van der Waals surface area contributed by atoms with Crippen LogP contribution < -0.4 is 15.4 Å². The van der Waals surface area contributed by atoms with Crippen molar-refractivity contribution in [3.05, 3.63) is 29.8 Å². The lowest BCUT2D eigenvalue weighted by Crippen LogP contribution is -2.33. The zero-order valence-corrected chi connectivity index (χ0v) is 13.7. The average molecular weight is 322 g/mol. The Morgan fingerprint density at radius 3 is 2.61 bits per heavy atom. The topological polar surface area (TPSA) is 68.8 Å². The van der Waals surface area contributed by atoms with Gasteiger partial charge >= 0.3 is 0 Å². The molecule has 0 saturated carbocycles. The third-order valence-electron chi connectivity index (χ3n) is 3.66. The lowest BCUT2D eigenvalue weighted by atomic mass is 10.1. The molecule has 2 rings (SSSR count). The van der Waals surface area contributed by atoms with Crippen LogP contribution >= 0.6 is 0 Å². The zero-order chi connectivity index (χ0) is 16.3. The normalized spacial score (nSPS) is 15.3. The molecule has 0 spiro atoms. The molecule has 6 heteroatoms. The van der Waals surface area contributed by atoms with Crippen molar-refractivity contribution in [2.24, 2.45) is 0 Å². The van der Waals surface area contributed by atoms with Crippen LogP contribution in [0.2, 0.25) is 0 Å². The maximum Gasteiger partial charge on any atom is 0.251 e. The third kappa shape index (κ3) is 6.56. The van der Waals surface area contributed by atoms with Gasteiger partial charge in [-0.25, -0.2) is 0 Å². The van der Waals surface area contributed by atoms with Crippen LogP contribution in [0.3, 0.4) is 0 Å². The molecule has 0 atom stereocenters. The van der Waals surface area contributed by atoms with Gasteiger partial charge in [-0.1, -0.05) is 0 Å². The number of hydrogen-bond donors (Lipinski definition) is 2. The summed E-state index contributed by atoms with van der Waals surface area (Å²) in [5.74, 6) is 0.728. The summed E-state index contributed by atoms with van der Waals surface area (Å²) >= 11 is 0. The van der Waals surface area contributed by atoms with Crippen LogP contribution in [0.15, 0.2) is 24.3 Å². The smallest absolute Gasteiger partial charge is 0.251 e. The van der Waals surface area contributed by atoms with Gasteiger partial charge in [0.25, 0.3) is 5.91 Å². The first kappa shape index (κ1) is 17.7. The highest BCUT2D eigenvalue weighted by Crippen LogP contribution is 2.18. The molecule has 1 aliphatic heterocycles. The maximum atomic E-state index is 12.0. The van der Waals surface area contributed by atoms with Gasteiger partial charge in [-0.3, -0.25) is 4.79 Å². The first-order valence-electron chi connectivity index (χ1n) is 8.12. The van der Waals surface area contributed by atoms with Gasteiger partial charge in [-0.2, -0.15) is 0 Å². The van der Waals surface area contributed by atoms with E-state index in [1.807, 2.05) is 12.1 Å². The quantitative estimate of drug-likeness (QED) is 0.669. The van der Waals surface area contributed by atoms with Crippen LogP contribution in [0, 0.1) is 0 Å². The number of methoxy groups -OCH3 is 1. The lowest BCUT2D eigenvalue weighted by molar-refractivity contribution is 0.0256. The molecular weight excluding hydrogens is 296 g/mol. The summed E-state index contributed by atoms with van der Waals surface area (Å²) in [7, 11) is 1.67. The van der Waals surface area contributed by atoms with E-state index in [4.69, 9.17) is 14.2 Å². The second-order valence-corrected chi connectivity index (χ2v) is 5.45. The Kier molecular flexibility index (Phi) is 7.86. The molecule has 1 heterocycles. The second kappa shape index (κ2) is 10.2. The number of carbonyl (C=O) groups excluding carboxylic acids is 1. The van der Waals surface area contributed by atoms with Crippen molar-refractivity contribution in [3.63, 3.8) is 0 Å². The number of carbonyl (C=O) groups is 1. The van der Waals surface area contributed by atoms with E-state index in [0.29, 0.717) is 18.7 Å². The minimum atomic E-state index is -0.0730. The number of benzene rings is 1. The van der Waals surface area contributed by atoms with Crippen LogP contribution in [-0.4, -0.2) is 58.6 Å². The van der Waals surface area contributed by atoms with Gasteiger partial charge in [0.05, 0.1) is 19.8 Å². The molecule has 0 radical (unpaired) electrons. The van der Waals surface area contributed by atoms with Gasteiger partial charge in [0.2, 0.25) is 0 Å². The SMILES string of the molecule is COCCNCCNC(=O)c1ccc(OC2CCOCC2)cc1. The fourth-order valence-electron chi connectivity index (χ4n) is 2.34. The van der Waals surface area contributed by atoms with Gasteiger partial charge in [0, 0.05) is 45.1 Å². The van der Waals surface area contributed by atoms with Crippen LogP contribution in [-0.2, 0) is 9.47 Å². The fourth-order valence-corrected chi connectivity index (χ4v) is 2.34. The molecule has 23 heavy (non-hydrogen) atoms. The highest BCUT2D eigenvalue weighted by Gasteiger charge is 2.15. The molecule has 1 saturated heterocycles. The minimum Gasteiger partial charge on any atom is -0.490 e. The van der Waals surface area contributed by atoms with Crippen molar-refractivity contribution >= 4 is 5.91 Å². The van der Waals surface area contributed by atoms with E-state index < -0.39 is 0 Å². The fraction of sp³-hybridized carbons (Fsp3) is 0.588. The molecule has 6 nitrogen and oxygen atoms in total. The highest BCUT2D eigenvalue weighted by molar-refractivity contribution is 5.94. The van der Waals surface area contributed by atoms with E-state index in [-0.39, 0.29) is 12.0 Å². The molecular formula is C17H26N2O4. The average Bonchev–Trinajstić information content (AvgIpc) is 2.59. The zero-order valence-electron chi connectivity index (χ0n) is 13.7. The Hall–Kier alpha value is -1.63. The van der Waals surface area contributed by atoms with E-state index in [1.54, 1.807) is 19.2 Å². The standard InChI is InChI=1S/C17H26N2O4/c1-21-13-10-18-8-9-19-17(20)14-2-4-15(5-3-14)23-16-6-11-22-12-7-16/h2-5,16,18H,6-13H2,1H3,(H,19,20). The van der Waals surface area contributed by atoms with Crippen LogP contribution in [0.1, 0.15) is 23.2 Å². The molecule has 1 amide bonds. The molecule has 0 unspecified atom stereocenters. The maximum absolute atomic E-state index is 12.0. The predicted molar refractivity (Wildman–Crippen MR) is 88.0 cm³/mol. The van der Waals surface area contributed by atoms with Crippen molar-refractivity contribution in [3.8, 4) is 5.75 Å². The molecule has 128 valence electrons. The Bertz CT molecular complexity index is 458. The van der Waals surface area contributed by atoms with E-state index in [2.05, 4.69) is 10.6 Å². The Labute approximate surface area is 137 Å². The predicted octanol–water partition coefficient (Wildman–Crippen LogP) is 1.21. The minimum absolute atomic E-state index is 0.0730. The van der Waals surface area contributed by atoms with Gasteiger partial charge < -0.3 is 24.8 Å². The summed E-state index contributed by atoms with van der Waals surface area (Å²) in [5.41, 5.74) is 0.640. The molecule has 2 N–H and O–H groups in total. The monoisotopic (exact) mass is 322 g/mol. The molecule has 1 aliphatic rings. The lowest BCUT2D eigenvalue weighted by Gasteiger charge is -2.23. The van der Waals surface area contributed by atoms with E-state index in [9.17, 15) is 4.79 Å². The number of hydrogen-bond acceptors (Lipinski definition) is 5. The molecule has 0 bridgehead atoms. The second-order valence-electron chi connectivity index (χ2n) is 5.45. The van der Waals surface area contributed by atoms with Crippen LogP contribution in [0.25, 0.3) is 0 Å². The summed E-state index contributed by atoms with van der Waals surface area (Å²) in [5, 5.41) is 6.05. The van der Waals surface area contributed by atoms with E-state index >= 15 is 0 Å². The van der Waals surface area contributed by atoms with E-state index in [0.717, 1.165) is 44.9 Å². The van der Waals surface area contributed by atoms with Crippen LogP contribution in [0.5, 0.6) is 5.75 Å². The van der Waals surface area contributed by atoms with Gasteiger partial charge in [-0.05, 0) is 24.3 Å². The Morgan fingerprint density at radius 2 is 1.91 bits per heavy atom. The molecule has 0 aromatic heterocycles. The van der Waals surface area contributed by atoms with Crippen molar-refractivity contribution < 1.29 is 19.0 Å². The Balaban J connectivity index is 1.69. The molecule has 1 fully saturated rings. The van der Waals surface area contributed by atoms with Gasteiger partial charge in [0.15, 0.2) is 0 Å². The summed E-state index contributed by atoms with van der Waals surface area (Å²) < 4.78 is 16.1. The van der Waals surface area contributed by atoms with Crippen molar-refractivity contribution in [2.75, 3.05) is 46.6 Å². The number of rotatable bonds is 9. The van der Waals surface area contributed by atoms with Crippen LogP contribution in [0.4, 0.5) is 0 Å². The van der Waals surface area contributed by atoms with E-state index in [1.165, 1.54) is 0 Å². The first-order chi connectivity index (χ1) is 11.3.